The summed E-state index contributed by atoms with van der Waals surface area (Å²) in [6.45, 7) is 3.94. The van der Waals surface area contributed by atoms with Crippen LogP contribution in [0.15, 0.2) is 59.8 Å². The number of carbonyl (C=O) groups is 1. The number of amides is 1. The van der Waals surface area contributed by atoms with E-state index < -0.39 is 5.91 Å². The zero-order valence-corrected chi connectivity index (χ0v) is 22.5. The first kappa shape index (κ1) is 25.3. The van der Waals surface area contributed by atoms with Crippen molar-refractivity contribution in [2.45, 2.75) is 56.5 Å². The number of nitrogens with zero attached hydrogens (tertiary/aromatic N) is 2. The number of hydrogen-bond donors (Lipinski definition) is 2. The Bertz CT molecular complexity index is 1410. The van der Waals surface area contributed by atoms with Gasteiger partial charge in [0.25, 0.3) is 0 Å². The van der Waals surface area contributed by atoms with Crippen molar-refractivity contribution in [1.82, 2.24) is 9.97 Å². The van der Waals surface area contributed by atoms with Crippen molar-refractivity contribution in [2.75, 3.05) is 0 Å². The van der Waals surface area contributed by atoms with E-state index in [1.165, 1.54) is 12.8 Å². The molecular formula is C29H29N3O3S2. The van der Waals surface area contributed by atoms with Gasteiger partial charge in [-0.15, -0.1) is 11.3 Å². The quantitative estimate of drug-likeness (QED) is 0.189. The normalized spacial score (nSPS) is 13.7. The maximum atomic E-state index is 11.6. The Kier molecular flexibility index (Phi) is 7.48. The molecule has 37 heavy (non-hydrogen) atoms. The molecule has 1 aliphatic carbocycles. The SMILES string of the molecule is Cc1cc(C)nc(SCc2cc(-c3ccc(OC4CCCC4)c(O)c3)sc2-c2ccc(C(N)=O)cc2)n1. The van der Waals surface area contributed by atoms with E-state index in [2.05, 4.69) is 16.0 Å². The van der Waals surface area contributed by atoms with Gasteiger partial charge in [0, 0.05) is 32.5 Å². The standard InChI is InChI=1S/C29H29N3O3S2/c1-17-13-18(2)32-29(31-17)36-16-22-15-26(37-27(22)19-7-9-20(10-8-19)28(30)34)21-11-12-25(24(33)14-21)35-23-5-3-4-6-23/h7-15,23,33H,3-6,16H2,1-2H3,(H2,30,34). The average Bonchev–Trinajstić information content (AvgIpc) is 3.54. The first-order valence-corrected chi connectivity index (χ1v) is 14.1. The lowest BCUT2D eigenvalue weighted by Gasteiger charge is -2.14. The van der Waals surface area contributed by atoms with E-state index in [0.29, 0.717) is 17.1 Å². The molecule has 1 saturated carbocycles. The van der Waals surface area contributed by atoms with Crippen molar-refractivity contribution in [3.8, 4) is 32.4 Å². The Balaban J connectivity index is 1.46. The zero-order chi connectivity index (χ0) is 25.9. The van der Waals surface area contributed by atoms with Crippen LogP contribution >= 0.6 is 23.1 Å². The number of hydrogen-bond acceptors (Lipinski definition) is 7. The summed E-state index contributed by atoms with van der Waals surface area (Å²) in [7, 11) is 0. The van der Waals surface area contributed by atoms with Gasteiger partial charge in [0.2, 0.25) is 5.91 Å². The molecule has 0 radical (unpaired) electrons. The minimum absolute atomic E-state index is 0.157. The molecule has 1 fully saturated rings. The molecule has 0 unspecified atom stereocenters. The van der Waals surface area contributed by atoms with Crippen molar-refractivity contribution in [3.63, 3.8) is 0 Å². The second-order valence-corrected chi connectivity index (χ2v) is 11.3. The van der Waals surface area contributed by atoms with Crippen LogP contribution in [0.1, 0.15) is 53.0 Å². The van der Waals surface area contributed by atoms with Crippen LogP contribution in [0.3, 0.4) is 0 Å². The Hall–Kier alpha value is -3.36. The summed E-state index contributed by atoms with van der Waals surface area (Å²) in [5.41, 5.74) is 10.9. The van der Waals surface area contributed by atoms with Crippen LogP contribution in [0.25, 0.3) is 20.9 Å². The molecule has 2 aromatic carbocycles. The number of thiophene rings is 1. The summed E-state index contributed by atoms with van der Waals surface area (Å²) in [5.74, 6) is 0.930. The van der Waals surface area contributed by atoms with Crippen molar-refractivity contribution < 1.29 is 14.6 Å². The van der Waals surface area contributed by atoms with Crippen molar-refractivity contribution >= 4 is 29.0 Å². The third-order valence-electron chi connectivity index (χ3n) is 6.40. The van der Waals surface area contributed by atoms with Gasteiger partial charge in [-0.3, -0.25) is 4.79 Å². The Morgan fingerprint density at radius 1 is 1.03 bits per heavy atom. The number of phenols is 1. The fraction of sp³-hybridized carbons (Fsp3) is 0.276. The first-order valence-electron chi connectivity index (χ1n) is 12.3. The molecule has 1 amide bonds. The summed E-state index contributed by atoms with van der Waals surface area (Å²) < 4.78 is 6.03. The molecule has 6 nitrogen and oxygen atoms in total. The van der Waals surface area contributed by atoms with Crippen LogP contribution < -0.4 is 10.5 Å². The number of nitrogens with two attached hydrogens (primary N) is 1. The highest BCUT2D eigenvalue weighted by molar-refractivity contribution is 7.98. The largest absolute Gasteiger partial charge is 0.504 e. The minimum Gasteiger partial charge on any atom is -0.504 e. The molecule has 0 atom stereocenters. The Morgan fingerprint density at radius 2 is 1.70 bits per heavy atom. The molecule has 4 aromatic rings. The zero-order valence-electron chi connectivity index (χ0n) is 20.9. The number of phenolic OH excluding ortho intramolecular Hbond substituents is 1. The molecule has 0 spiro atoms. The van der Waals surface area contributed by atoms with E-state index in [0.717, 1.165) is 55.8 Å². The number of aryl methyl sites for hydroxylation is 2. The lowest BCUT2D eigenvalue weighted by atomic mass is 10.1. The molecule has 2 heterocycles. The fourth-order valence-electron chi connectivity index (χ4n) is 4.56. The predicted octanol–water partition coefficient (Wildman–Crippen LogP) is 6.91. The monoisotopic (exact) mass is 531 g/mol. The van der Waals surface area contributed by atoms with E-state index in [4.69, 9.17) is 10.5 Å². The molecule has 8 heteroatoms. The van der Waals surface area contributed by atoms with Crippen LogP contribution in [0.2, 0.25) is 0 Å². The highest BCUT2D eigenvalue weighted by Crippen LogP contribution is 2.42. The molecule has 0 bridgehead atoms. The highest BCUT2D eigenvalue weighted by Gasteiger charge is 2.19. The lowest BCUT2D eigenvalue weighted by Crippen LogP contribution is -2.10. The molecule has 190 valence electrons. The van der Waals surface area contributed by atoms with Crippen LogP contribution in [0.4, 0.5) is 0 Å². The second kappa shape index (κ2) is 10.9. The van der Waals surface area contributed by atoms with Crippen molar-refractivity contribution in [3.05, 3.63) is 77.1 Å². The van der Waals surface area contributed by atoms with E-state index in [-0.39, 0.29) is 11.9 Å². The van der Waals surface area contributed by atoms with E-state index in [9.17, 15) is 9.90 Å². The number of rotatable bonds is 8. The highest BCUT2D eigenvalue weighted by atomic mass is 32.2. The number of primary amides is 1. The van der Waals surface area contributed by atoms with Gasteiger partial charge in [-0.2, -0.15) is 0 Å². The Labute approximate surface area is 224 Å². The maximum absolute atomic E-state index is 11.6. The lowest BCUT2D eigenvalue weighted by molar-refractivity contribution is 0.100. The van der Waals surface area contributed by atoms with Gasteiger partial charge in [-0.1, -0.05) is 23.9 Å². The average molecular weight is 532 g/mol. The van der Waals surface area contributed by atoms with Crippen LogP contribution in [-0.4, -0.2) is 27.1 Å². The van der Waals surface area contributed by atoms with Crippen LogP contribution in [-0.2, 0) is 5.75 Å². The number of carbonyl (C=O) groups excluding carboxylic acids is 1. The van der Waals surface area contributed by atoms with Crippen LogP contribution in [0, 0.1) is 13.8 Å². The van der Waals surface area contributed by atoms with Crippen molar-refractivity contribution in [1.29, 1.82) is 0 Å². The van der Waals surface area contributed by atoms with Gasteiger partial charge in [0.05, 0.1) is 6.10 Å². The summed E-state index contributed by atoms with van der Waals surface area (Å²) >= 11 is 3.24. The predicted molar refractivity (Wildman–Crippen MR) is 149 cm³/mol. The van der Waals surface area contributed by atoms with Gasteiger partial charge in [-0.25, -0.2) is 9.97 Å². The Morgan fingerprint density at radius 3 is 2.35 bits per heavy atom. The minimum atomic E-state index is -0.448. The smallest absolute Gasteiger partial charge is 0.248 e. The number of ether oxygens (including phenoxy) is 1. The van der Waals surface area contributed by atoms with Gasteiger partial charge in [0.15, 0.2) is 16.7 Å². The summed E-state index contributed by atoms with van der Waals surface area (Å²) in [5, 5.41) is 11.4. The summed E-state index contributed by atoms with van der Waals surface area (Å²) in [4.78, 5) is 22.8. The second-order valence-electron chi connectivity index (χ2n) is 9.34. The van der Waals surface area contributed by atoms with E-state index in [1.807, 2.05) is 44.2 Å². The number of benzene rings is 2. The molecule has 0 saturated heterocycles. The number of aromatic nitrogens is 2. The molecule has 5 rings (SSSR count). The summed E-state index contributed by atoms with van der Waals surface area (Å²) in [6.07, 6.45) is 4.61. The molecule has 1 aliphatic rings. The van der Waals surface area contributed by atoms with Gasteiger partial charge in [-0.05, 0) is 98.7 Å². The van der Waals surface area contributed by atoms with E-state index in [1.54, 1.807) is 41.3 Å². The number of thioether (sulfide) groups is 1. The first-order chi connectivity index (χ1) is 17.9. The molecule has 0 aliphatic heterocycles. The third kappa shape index (κ3) is 5.97. The fourth-order valence-corrected chi connectivity index (χ4v) is 6.77. The third-order valence-corrected chi connectivity index (χ3v) is 8.57. The van der Waals surface area contributed by atoms with Gasteiger partial charge >= 0.3 is 0 Å². The number of aromatic hydroxyl groups is 1. The van der Waals surface area contributed by atoms with Crippen LogP contribution in [0.5, 0.6) is 11.5 Å². The molecule has 3 N–H and O–H groups in total. The van der Waals surface area contributed by atoms with Crippen molar-refractivity contribution in [2.24, 2.45) is 5.73 Å². The summed E-state index contributed by atoms with van der Waals surface area (Å²) in [6, 6.07) is 17.1. The molecular weight excluding hydrogens is 502 g/mol. The maximum Gasteiger partial charge on any atom is 0.248 e. The molecule has 2 aromatic heterocycles. The van der Waals surface area contributed by atoms with Gasteiger partial charge < -0.3 is 15.6 Å². The van der Waals surface area contributed by atoms with Gasteiger partial charge in [0.1, 0.15) is 0 Å². The van der Waals surface area contributed by atoms with E-state index >= 15 is 0 Å². The topological polar surface area (TPSA) is 98.3 Å².